The van der Waals surface area contributed by atoms with E-state index in [1.807, 2.05) is 29.2 Å². The van der Waals surface area contributed by atoms with Crippen LogP contribution in [0.1, 0.15) is 37.5 Å². The van der Waals surface area contributed by atoms with Crippen molar-refractivity contribution >= 4 is 38.4 Å². The fourth-order valence-electron chi connectivity index (χ4n) is 3.76. The molecule has 0 aliphatic carbocycles. The Bertz CT molecular complexity index is 1080. The molecule has 7 nitrogen and oxygen atoms in total. The summed E-state index contributed by atoms with van der Waals surface area (Å²) in [6.45, 7) is 1.63. The van der Waals surface area contributed by atoms with Gasteiger partial charge in [0.05, 0.1) is 5.92 Å². The number of oxazole rings is 1. The van der Waals surface area contributed by atoms with E-state index in [0.29, 0.717) is 36.0 Å². The number of hydrogen-bond acceptors (Lipinski definition) is 6. The number of piperidine rings is 1. The molecule has 2 aromatic heterocycles. The van der Waals surface area contributed by atoms with E-state index in [2.05, 4.69) is 4.98 Å². The van der Waals surface area contributed by atoms with Crippen molar-refractivity contribution in [2.75, 3.05) is 26.7 Å². The summed E-state index contributed by atoms with van der Waals surface area (Å²) >= 11 is 1.20. The van der Waals surface area contributed by atoms with Gasteiger partial charge >= 0.3 is 0 Å². The van der Waals surface area contributed by atoms with Crippen LogP contribution in [0.15, 0.2) is 50.4 Å². The average molecular weight is 448 g/mol. The van der Waals surface area contributed by atoms with Gasteiger partial charge in [-0.2, -0.15) is 0 Å². The number of sulfonamides is 1. The van der Waals surface area contributed by atoms with Crippen molar-refractivity contribution in [3.05, 3.63) is 47.7 Å². The van der Waals surface area contributed by atoms with Crippen LogP contribution in [0.2, 0.25) is 0 Å². The minimum absolute atomic E-state index is 0.0535. The maximum atomic E-state index is 12.7. The van der Waals surface area contributed by atoms with Crippen molar-refractivity contribution in [2.45, 2.75) is 35.8 Å². The summed E-state index contributed by atoms with van der Waals surface area (Å²) < 4.78 is 32.5. The number of likely N-dealkylation sites (tertiary alicyclic amines) is 1. The minimum atomic E-state index is -3.47. The van der Waals surface area contributed by atoms with Gasteiger partial charge in [0.2, 0.25) is 5.91 Å². The smallest absolute Gasteiger partial charge is 0.252 e. The molecule has 4 rings (SSSR count). The van der Waals surface area contributed by atoms with Gasteiger partial charge in [0.15, 0.2) is 11.5 Å². The van der Waals surface area contributed by atoms with Gasteiger partial charge in [-0.25, -0.2) is 17.7 Å². The molecule has 1 aliphatic heterocycles. The lowest BCUT2D eigenvalue weighted by atomic mass is 9.97. The average Bonchev–Trinajstić information content (AvgIpc) is 3.44. The van der Waals surface area contributed by atoms with Crippen LogP contribution in [0, 0.1) is 0 Å². The third-order valence-corrected chi connectivity index (χ3v) is 8.69. The molecule has 1 saturated heterocycles. The molecular weight excluding hydrogens is 422 g/mol. The van der Waals surface area contributed by atoms with Crippen molar-refractivity contribution in [3.63, 3.8) is 0 Å². The van der Waals surface area contributed by atoms with Gasteiger partial charge in [-0.05, 0) is 42.8 Å². The molecular formula is C21H25N3O4S2. The van der Waals surface area contributed by atoms with Crippen molar-refractivity contribution in [1.29, 1.82) is 0 Å². The molecule has 3 heterocycles. The summed E-state index contributed by atoms with van der Waals surface area (Å²) in [5, 5.41) is 1.74. The zero-order valence-corrected chi connectivity index (χ0v) is 18.5. The van der Waals surface area contributed by atoms with Crippen molar-refractivity contribution in [3.8, 4) is 0 Å². The normalized spacial score (nSPS) is 17.7. The Morgan fingerprint density at radius 1 is 1.30 bits per heavy atom. The number of benzene rings is 1. The largest absolute Gasteiger partial charge is 0.440 e. The third kappa shape index (κ3) is 4.43. The number of rotatable bonds is 7. The topological polar surface area (TPSA) is 83.7 Å². The second-order valence-electron chi connectivity index (χ2n) is 7.56. The highest BCUT2D eigenvalue weighted by atomic mass is 32.2. The second-order valence-corrected chi connectivity index (χ2v) is 10.8. The van der Waals surface area contributed by atoms with Crippen LogP contribution in [0.5, 0.6) is 0 Å². The summed E-state index contributed by atoms with van der Waals surface area (Å²) in [5.41, 5.74) is 1.61. The van der Waals surface area contributed by atoms with Crippen molar-refractivity contribution in [1.82, 2.24) is 14.2 Å². The molecule has 3 aromatic rings. The molecule has 9 heteroatoms. The van der Waals surface area contributed by atoms with E-state index in [4.69, 9.17) is 4.42 Å². The van der Waals surface area contributed by atoms with Gasteiger partial charge in [0, 0.05) is 33.1 Å². The molecule has 0 N–H and O–H groups in total. The van der Waals surface area contributed by atoms with Gasteiger partial charge in [-0.15, -0.1) is 11.3 Å². The predicted molar refractivity (Wildman–Crippen MR) is 116 cm³/mol. The van der Waals surface area contributed by atoms with E-state index in [9.17, 15) is 13.2 Å². The van der Waals surface area contributed by atoms with Crippen LogP contribution in [0.3, 0.4) is 0 Å². The number of hydrogen-bond donors (Lipinski definition) is 0. The fraction of sp³-hybridized carbons (Fsp3) is 0.429. The monoisotopic (exact) mass is 447 g/mol. The SMILES string of the molecule is CN(CCCC(=O)N1CCCC(c2nc3ccccc3o2)C1)S(=O)(=O)c1cccs1. The van der Waals surface area contributed by atoms with Gasteiger partial charge in [-0.3, -0.25) is 4.79 Å². The second kappa shape index (κ2) is 8.87. The van der Waals surface area contributed by atoms with Crippen molar-refractivity contribution < 1.29 is 17.6 Å². The van der Waals surface area contributed by atoms with Crippen LogP contribution in [0.25, 0.3) is 11.1 Å². The minimum Gasteiger partial charge on any atom is -0.440 e. The first-order valence-electron chi connectivity index (χ1n) is 10.1. The number of carbonyl (C=O) groups excluding carboxylic acids is 1. The zero-order valence-electron chi connectivity index (χ0n) is 16.9. The summed E-state index contributed by atoms with van der Waals surface area (Å²) in [6, 6.07) is 11.0. The predicted octanol–water partition coefficient (Wildman–Crippen LogP) is 3.70. The molecule has 0 radical (unpaired) electrons. The molecule has 0 saturated carbocycles. The first-order valence-corrected chi connectivity index (χ1v) is 12.4. The lowest BCUT2D eigenvalue weighted by Crippen LogP contribution is -2.39. The van der Waals surface area contributed by atoms with E-state index in [0.717, 1.165) is 30.5 Å². The lowest BCUT2D eigenvalue weighted by molar-refractivity contribution is -0.132. The number of amides is 1. The molecule has 1 unspecified atom stereocenters. The third-order valence-electron chi connectivity index (χ3n) is 5.46. The fourth-order valence-corrected chi connectivity index (χ4v) is 6.18. The lowest BCUT2D eigenvalue weighted by Gasteiger charge is -2.31. The Balaban J connectivity index is 1.31. The van der Waals surface area contributed by atoms with E-state index in [1.165, 1.54) is 15.6 Å². The Labute approximate surface area is 180 Å². The van der Waals surface area contributed by atoms with Crippen LogP contribution >= 0.6 is 11.3 Å². The first-order chi connectivity index (χ1) is 14.4. The highest BCUT2D eigenvalue weighted by Gasteiger charge is 2.28. The summed E-state index contributed by atoms with van der Waals surface area (Å²) in [4.78, 5) is 19.2. The zero-order chi connectivity index (χ0) is 21.1. The summed E-state index contributed by atoms with van der Waals surface area (Å²) in [6.07, 6.45) is 2.66. The molecule has 1 aliphatic rings. The van der Waals surface area contributed by atoms with Crippen molar-refractivity contribution in [2.24, 2.45) is 0 Å². The molecule has 0 spiro atoms. The van der Waals surface area contributed by atoms with E-state index in [-0.39, 0.29) is 11.8 Å². The number of thiophene rings is 1. The molecule has 160 valence electrons. The number of carbonyl (C=O) groups is 1. The van der Waals surface area contributed by atoms with Crippen LogP contribution in [0.4, 0.5) is 0 Å². The van der Waals surface area contributed by atoms with E-state index < -0.39 is 10.0 Å². The number of aromatic nitrogens is 1. The Hall–Kier alpha value is -2.23. The first kappa shape index (κ1) is 21.0. The highest BCUT2D eigenvalue weighted by Crippen LogP contribution is 2.29. The molecule has 1 aromatic carbocycles. The maximum absolute atomic E-state index is 12.7. The summed E-state index contributed by atoms with van der Waals surface area (Å²) in [7, 11) is -1.91. The highest BCUT2D eigenvalue weighted by molar-refractivity contribution is 7.91. The van der Waals surface area contributed by atoms with Gasteiger partial charge < -0.3 is 9.32 Å². The van der Waals surface area contributed by atoms with E-state index >= 15 is 0 Å². The molecule has 0 bridgehead atoms. The van der Waals surface area contributed by atoms with Gasteiger partial charge in [0.25, 0.3) is 10.0 Å². The van der Waals surface area contributed by atoms with Crippen LogP contribution in [-0.4, -0.2) is 55.2 Å². The number of fused-ring (bicyclic) bond motifs is 1. The van der Waals surface area contributed by atoms with Crippen LogP contribution in [-0.2, 0) is 14.8 Å². The molecule has 1 atom stereocenters. The Kier molecular flexibility index (Phi) is 6.21. The Morgan fingerprint density at radius 3 is 2.90 bits per heavy atom. The molecule has 1 fully saturated rings. The molecule has 1 amide bonds. The quantitative estimate of drug-likeness (QED) is 0.551. The summed E-state index contributed by atoms with van der Waals surface area (Å²) in [5.74, 6) is 0.838. The van der Waals surface area contributed by atoms with E-state index in [1.54, 1.807) is 24.6 Å². The standard InChI is InChI=1S/C21H25N3O4S2/c1-23(30(26,27)20-11-6-14-29-20)12-5-10-19(25)24-13-4-7-16(15-24)21-22-17-8-2-3-9-18(17)28-21/h2-3,6,8-9,11,14,16H,4-5,7,10,12-13,15H2,1H3. The number of nitrogens with zero attached hydrogens (tertiary/aromatic N) is 3. The maximum Gasteiger partial charge on any atom is 0.252 e. The number of para-hydroxylation sites is 2. The molecule has 30 heavy (non-hydrogen) atoms. The Morgan fingerprint density at radius 2 is 2.13 bits per heavy atom. The van der Waals surface area contributed by atoms with Gasteiger partial charge in [0.1, 0.15) is 9.73 Å². The van der Waals surface area contributed by atoms with Gasteiger partial charge in [-0.1, -0.05) is 18.2 Å². The van der Waals surface area contributed by atoms with Crippen LogP contribution < -0.4 is 0 Å².